The zero-order valence-corrected chi connectivity index (χ0v) is 21.3. The average Bonchev–Trinajstić information content (AvgIpc) is 3.61. The molecule has 1 aliphatic rings. The first kappa shape index (κ1) is 25.6. The maximum absolute atomic E-state index is 13.8. The van der Waals surface area contributed by atoms with Gasteiger partial charge in [-0.25, -0.2) is 0 Å². The van der Waals surface area contributed by atoms with Crippen LogP contribution in [0.15, 0.2) is 66.0 Å². The Balaban J connectivity index is 1.67. The van der Waals surface area contributed by atoms with Crippen molar-refractivity contribution < 1.29 is 19.1 Å². The molecule has 0 aliphatic carbocycles. The van der Waals surface area contributed by atoms with Crippen LogP contribution in [0.5, 0.6) is 0 Å². The largest absolute Gasteiger partial charge is 0.376 e. The minimum atomic E-state index is -0.917. The van der Waals surface area contributed by atoms with E-state index >= 15 is 0 Å². The molecule has 2 atom stereocenters. The fourth-order valence-electron chi connectivity index (χ4n) is 4.30. The number of rotatable bonds is 9. The summed E-state index contributed by atoms with van der Waals surface area (Å²) >= 11 is 1.31. The predicted octanol–water partition coefficient (Wildman–Crippen LogP) is 4.16. The normalized spacial score (nSPS) is 15.8. The van der Waals surface area contributed by atoms with Gasteiger partial charge in [-0.15, -0.1) is 11.3 Å². The lowest BCUT2D eigenvalue weighted by atomic mass is 10.0. The smallest absolute Gasteiger partial charge is 0.261 e. The van der Waals surface area contributed by atoms with Crippen LogP contribution in [0.1, 0.15) is 45.2 Å². The highest BCUT2D eigenvalue weighted by Crippen LogP contribution is 2.31. The second-order valence-corrected chi connectivity index (χ2v) is 9.85. The summed E-state index contributed by atoms with van der Waals surface area (Å²) in [5, 5.41) is 7.53. The Hall–Kier alpha value is -3.49. The lowest BCUT2D eigenvalue weighted by molar-refractivity contribution is -0.126. The number of amides is 3. The van der Waals surface area contributed by atoms with Gasteiger partial charge in [0.25, 0.3) is 5.91 Å². The summed E-state index contributed by atoms with van der Waals surface area (Å²) in [5.74, 6) is -0.997. The maximum atomic E-state index is 13.8. The number of hydrogen-bond acceptors (Lipinski definition) is 5. The first-order valence-corrected chi connectivity index (χ1v) is 13.0. The molecule has 0 saturated carbocycles. The van der Waals surface area contributed by atoms with Gasteiger partial charge in [-0.3, -0.25) is 19.3 Å². The van der Waals surface area contributed by atoms with Gasteiger partial charge in [0.05, 0.1) is 17.5 Å². The van der Waals surface area contributed by atoms with E-state index < -0.39 is 6.04 Å². The highest BCUT2D eigenvalue weighted by Gasteiger charge is 2.34. The number of aryl methyl sites for hydroxylation is 2. The summed E-state index contributed by atoms with van der Waals surface area (Å²) in [5.41, 5.74) is 3.13. The number of ether oxygens (including phenoxy) is 1. The number of nitrogens with one attached hydrogen (secondary N) is 2. The molecule has 188 valence electrons. The Kier molecular flexibility index (Phi) is 8.51. The molecule has 0 radical (unpaired) electrons. The molecule has 0 unspecified atom stereocenters. The van der Waals surface area contributed by atoms with Crippen LogP contribution in [-0.4, -0.2) is 43.5 Å². The fourth-order valence-corrected chi connectivity index (χ4v) is 4.94. The molecule has 1 aliphatic heterocycles. The Labute approximate surface area is 215 Å². The first-order valence-electron chi connectivity index (χ1n) is 12.1. The van der Waals surface area contributed by atoms with Gasteiger partial charge in [-0.1, -0.05) is 48.5 Å². The topological polar surface area (TPSA) is 87.7 Å². The van der Waals surface area contributed by atoms with Crippen LogP contribution in [0.4, 0.5) is 5.69 Å². The number of carbonyl (C=O) groups excluding carboxylic acids is 3. The molecule has 3 aromatic rings. The molecule has 0 bridgehead atoms. The number of nitrogens with zero attached hydrogens (tertiary/aromatic N) is 1. The Morgan fingerprint density at radius 2 is 1.86 bits per heavy atom. The summed E-state index contributed by atoms with van der Waals surface area (Å²) in [7, 11) is 0. The van der Waals surface area contributed by atoms with Gasteiger partial charge in [-0.05, 0) is 60.9 Å². The first-order chi connectivity index (χ1) is 17.4. The SMILES string of the molecule is Cc1ccc(C)c(N(C(=O)CNC(=O)c2cccs2)[C@@H](C(=O)NC[C@@H]2CCCO2)c2ccccc2)c1. The second kappa shape index (κ2) is 12.0. The van der Waals surface area contributed by atoms with Crippen molar-refractivity contribution >= 4 is 34.7 Å². The summed E-state index contributed by atoms with van der Waals surface area (Å²) in [6, 6.07) is 17.6. The lowest BCUT2D eigenvalue weighted by Crippen LogP contribution is -2.48. The molecule has 3 amide bonds. The van der Waals surface area contributed by atoms with Crippen LogP contribution < -0.4 is 15.5 Å². The van der Waals surface area contributed by atoms with Crippen LogP contribution in [0, 0.1) is 13.8 Å². The van der Waals surface area contributed by atoms with Crippen molar-refractivity contribution in [3.05, 3.63) is 87.6 Å². The third kappa shape index (κ3) is 6.19. The van der Waals surface area contributed by atoms with Crippen LogP contribution in [0.25, 0.3) is 0 Å². The van der Waals surface area contributed by atoms with E-state index in [0.717, 1.165) is 24.0 Å². The van der Waals surface area contributed by atoms with E-state index in [4.69, 9.17) is 4.74 Å². The third-order valence-electron chi connectivity index (χ3n) is 6.19. The molecule has 36 heavy (non-hydrogen) atoms. The fraction of sp³-hybridized carbons (Fsp3) is 0.321. The van der Waals surface area contributed by atoms with E-state index in [1.54, 1.807) is 12.1 Å². The van der Waals surface area contributed by atoms with Crippen LogP contribution in [-0.2, 0) is 14.3 Å². The number of thiophene rings is 1. The van der Waals surface area contributed by atoms with Crippen molar-refractivity contribution in [3.8, 4) is 0 Å². The van der Waals surface area contributed by atoms with Crippen molar-refractivity contribution in [1.82, 2.24) is 10.6 Å². The van der Waals surface area contributed by atoms with Crippen LogP contribution in [0.3, 0.4) is 0 Å². The minimum absolute atomic E-state index is 0.0275. The van der Waals surface area contributed by atoms with E-state index in [0.29, 0.717) is 29.3 Å². The highest BCUT2D eigenvalue weighted by atomic mass is 32.1. The van der Waals surface area contributed by atoms with Crippen LogP contribution >= 0.6 is 11.3 Å². The van der Waals surface area contributed by atoms with Crippen LogP contribution in [0.2, 0.25) is 0 Å². The van der Waals surface area contributed by atoms with E-state index in [1.165, 1.54) is 16.2 Å². The minimum Gasteiger partial charge on any atom is -0.376 e. The van der Waals surface area contributed by atoms with Gasteiger partial charge in [0.1, 0.15) is 6.04 Å². The zero-order valence-electron chi connectivity index (χ0n) is 20.5. The third-order valence-corrected chi connectivity index (χ3v) is 7.06. The molecule has 0 spiro atoms. The van der Waals surface area contributed by atoms with Crippen molar-refractivity contribution in [1.29, 1.82) is 0 Å². The van der Waals surface area contributed by atoms with Gasteiger partial charge in [0, 0.05) is 18.8 Å². The molecular weight excluding hydrogens is 474 g/mol. The molecule has 2 heterocycles. The summed E-state index contributed by atoms with van der Waals surface area (Å²) in [6.07, 6.45) is 1.84. The Morgan fingerprint density at radius 3 is 2.56 bits per heavy atom. The number of anilines is 1. The predicted molar refractivity (Wildman–Crippen MR) is 141 cm³/mol. The van der Waals surface area contributed by atoms with Gasteiger partial charge in [0.15, 0.2) is 0 Å². The molecule has 1 aromatic heterocycles. The quantitative estimate of drug-likeness (QED) is 0.457. The molecule has 2 aromatic carbocycles. The van der Waals surface area contributed by atoms with Gasteiger partial charge >= 0.3 is 0 Å². The Bertz CT molecular complexity index is 1190. The molecular formula is C28H31N3O4S. The van der Waals surface area contributed by atoms with Crippen molar-refractivity contribution in [2.45, 2.75) is 38.8 Å². The molecule has 8 heteroatoms. The summed E-state index contributed by atoms with van der Waals surface area (Å²) in [6.45, 7) is 4.68. The van der Waals surface area contributed by atoms with E-state index in [1.807, 2.05) is 67.8 Å². The van der Waals surface area contributed by atoms with Crippen molar-refractivity contribution in [3.63, 3.8) is 0 Å². The highest BCUT2D eigenvalue weighted by molar-refractivity contribution is 7.12. The number of carbonyl (C=O) groups is 3. The van der Waals surface area contributed by atoms with E-state index in [-0.39, 0.29) is 30.4 Å². The summed E-state index contributed by atoms with van der Waals surface area (Å²) < 4.78 is 5.67. The Morgan fingerprint density at radius 1 is 1.06 bits per heavy atom. The maximum Gasteiger partial charge on any atom is 0.261 e. The molecule has 4 rings (SSSR count). The van der Waals surface area contributed by atoms with Gasteiger partial charge < -0.3 is 15.4 Å². The van der Waals surface area contributed by atoms with Gasteiger partial charge in [0.2, 0.25) is 11.8 Å². The monoisotopic (exact) mass is 505 g/mol. The van der Waals surface area contributed by atoms with Gasteiger partial charge in [-0.2, -0.15) is 0 Å². The standard InChI is InChI=1S/C28H31N3O4S/c1-19-12-13-20(2)23(16-19)31(25(32)18-30-27(33)24-11-7-15-36-24)26(21-8-4-3-5-9-21)28(34)29-17-22-10-6-14-35-22/h3-5,7-9,11-13,15-16,22,26H,6,10,14,17-18H2,1-2H3,(H,29,34)(H,30,33)/t22-,26+/m0/s1. The zero-order chi connectivity index (χ0) is 25.5. The molecule has 1 saturated heterocycles. The average molecular weight is 506 g/mol. The lowest BCUT2D eigenvalue weighted by Gasteiger charge is -2.33. The van der Waals surface area contributed by atoms with E-state index in [9.17, 15) is 14.4 Å². The van der Waals surface area contributed by atoms with E-state index in [2.05, 4.69) is 10.6 Å². The van der Waals surface area contributed by atoms with Crippen molar-refractivity contribution in [2.75, 3.05) is 24.6 Å². The number of benzene rings is 2. The molecule has 2 N–H and O–H groups in total. The summed E-state index contributed by atoms with van der Waals surface area (Å²) in [4.78, 5) is 42.0. The second-order valence-electron chi connectivity index (χ2n) is 8.91. The number of hydrogen-bond donors (Lipinski definition) is 2. The molecule has 1 fully saturated rings. The van der Waals surface area contributed by atoms with Crippen molar-refractivity contribution in [2.24, 2.45) is 0 Å². The molecule has 7 nitrogen and oxygen atoms in total.